The van der Waals surface area contributed by atoms with E-state index in [0.29, 0.717) is 0 Å². The van der Waals surface area contributed by atoms with Gasteiger partial charge in [-0.3, -0.25) is 0 Å². The number of amides is 1. The fourth-order valence-corrected chi connectivity index (χ4v) is 1.86. The number of rotatable bonds is 4. The minimum Gasteiger partial charge on any atom is -0.444 e. The van der Waals surface area contributed by atoms with Crippen LogP contribution >= 0.6 is 0 Å². The first-order chi connectivity index (χ1) is 9.07. The van der Waals surface area contributed by atoms with Crippen LogP contribution in [0.5, 0.6) is 0 Å². The maximum Gasteiger partial charge on any atom is 0.408 e. The monoisotopic (exact) mass is 281 g/mol. The molecular weight excluding hydrogens is 254 g/mol. The molecule has 0 radical (unpaired) electrons. The lowest BCUT2D eigenvalue weighted by Crippen LogP contribution is -2.36. The van der Waals surface area contributed by atoms with E-state index in [1.54, 1.807) is 6.20 Å². The molecule has 0 bridgehead atoms. The van der Waals surface area contributed by atoms with Crippen LogP contribution in [-0.4, -0.2) is 21.2 Å². The molecule has 0 fully saturated rings. The summed E-state index contributed by atoms with van der Waals surface area (Å²) in [5.74, 6) is 0. The van der Waals surface area contributed by atoms with Crippen molar-refractivity contribution < 1.29 is 9.53 Å². The Kier molecular flexibility index (Phi) is 4.84. The van der Waals surface area contributed by atoms with Crippen LogP contribution in [0.25, 0.3) is 0 Å². The highest BCUT2D eigenvalue weighted by Gasteiger charge is 2.24. The summed E-state index contributed by atoms with van der Waals surface area (Å²) in [4.78, 5) is 16.0. The van der Waals surface area contributed by atoms with Gasteiger partial charge in [-0.25, -0.2) is 9.78 Å². The zero-order valence-electron chi connectivity index (χ0n) is 13.7. The average Bonchev–Trinajstić information content (AvgIpc) is 2.75. The minimum atomic E-state index is -0.493. The van der Waals surface area contributed by atoms with Crippen molar-refractivity contribution in [2.75, 3.05) is 0 Å². The van der Waals surface area contributed by atoms with E-state index in [-0.39, 0.29) is 11.6 Å². The summed E-state index contributed by atoms with van der Waals surface area (Å²) in [5, 5.41) is 2.85. The van der Waals surface area contributed by atoms with Crippen molar-refractivity contribution in [2.24, 2.45) is 0 Å². The highest BCUT2D eigenvalue weighted by molar-refractivity contribution is 5.68. The Balaban J connectivity index is 2.82. The van der Waals surface area contributed by atoms with E-state index in [1.807, 2.05) is 34.0 Å². The second kappa shape index (κ2) is 5.85. The quantitative estimate of drug-likeness (QED) is 0.917. The first-order valence-corrected chi connectivity index (χ1v) is 7.09. The molecule has 0 aliphatic carbocycles. The van der Waals surface area contributed by atoms with Gasteiger partial charge in [0.2, 0.25) is 0 Å². The molecule has 114 valence electrons. The van der Waals surface area contributed by atoms with Gasteiger partial charge in [0, 0.05) is 5.54 Å². The van der Waals surface area contributed by atoms with Crippen molar-refractivity contribution in [1.29, 1.82) is 0 Å². The fourth-order valence-electron chi connectivity index (χ4n) is 1.86. The molecule has 1 amide bonds. The molecular formula is C15H27N3O2. The van der Waals surface area contributed by atoms with Gasteiger partial charge in [0.25, 0.3) is 0 Å². The largest absolute Gasteiger partial charge is 0.444 e. The third-order valence-corrected chi connectivity index (χ3v) is 3.36. The third-order valence-electron chi connectivity index (χ3n) is 3.36. The van der Waals surface area contributed by atoms with Crippen LogP contribution in [-0.2, 0) is 10.3 Å². The minimum absolute atomic E-state index is 0.0320. The molecule has 0 aliphatic heterocycles. The van der Waals surface area contributed by atoms with Crippen molar-refractivity contribution in [1.82, 2.24) is 14.9 Å². The maximum absolute atomic E-state index is 11.8. The second-order valence-corrected chi connectivity index (χ2v) is 6.72. The number of imidazole rings is 1. The predicted octanol–water partition coefficient (Wildman–Crippen LogP) is 3.61. The van der Waals surface area contributed by atoms with Gasteiger partial charge >= 0.3 is 6.09 Å². The summed E-state index contributed by atoms with van der Waals surface area (Å²) in [6.07, 6.45) is 4.17. The SMILES string of the molecule is CCC(C)(C)n1cncc1C(C)NC(=O)OC(C)(C)C. The van der Waals surface area contributed by atoms with E-state index in [2.05, 4.69) is 35.6 Å². The molecule has 0 saturated heterocycles. The molecule has 0 spiro atoms. The summed E-state index contributed by atoms with van der Waals surface area (Å²) >= 11 is 0. The summed E-state index contributed by atoms with van der Waals surface area (Å²) in [6, 6.07) is -0.154. The molecule has 1 atom stereocenters. The zero-order chi connectivity index (χ0) is 15.6. The van der Waals surface area contributed by atoms with E-state index in [9.17, 15) is 4.79 Å². The lowest BCUT2D eigenvalue weighted by molar-refractivity contribution is 0.0505. The number of carbonyl (C=O) groups is 1. The molecule has 1 aromatic heterocycles. The molecule has 0 aromatic carbocycles. The molecule has 0 aliphatic rings. The molecule has 1 heterocycles. The fraction of sp³-hybridized carbons (Fsp3) is 0.733. The van der Waals surface area contributed by atoms with Crippen LogP contribution in [0.3, 0.4) is 0 Å². The normalized spacial score (nSPS) is 13.9. The molecule has 1 rings (SSSR count). The van der Waals surface area contributed by atoms with Crippen molar-refractivity contribution in [3.63, 3.8) is 0 Å². The molecule has 1 unspecified atom stereocenters. The van der Waals surface area contributed by atoms with Gasteiger partial charge in [-0.2, -0.15) is 0 Å². The third kappa shape index (κ3) is 4.25. The van der Waals surface area contributed by atoms with Crippen molar-refractivity contribution in [2.45, 2.75) is 72.1 Å². The van der Waals surface area contributed by atoms with Gasteiger partial charge < -0.3 is 14.6 Å². The van der Waals surface area contributed by atoms with Gasteiger partial charge in [-0.1, -0.05) is 6.92 Å². The first kappa shape index (κ1) is 16.5. The summed E-state index contributed by atoms with van der Waals surface area (Å²) in [6.45, 7) is 13.9. The van der Waals surface area contributed by atoms with Crippen LogP contribution in [0.2, 0.25) is 0 Å². The Bertz CT molecular complexity index is 458. The number of nitrogens with one attached hydrogen (secondary N) is 1. The molecule has 20 heavy (non-hydrogen) atoms. The van der Waals surface area contributed by atoms with Crippen LogP contribution in [0.1, 0.15) is 66.6 Å². The summed E-state index contributed by atoms with van der Waals surface area (Å²) < 4.78 is 7.38. The molecule has 1 aromatic rings. The zero-order valence-corrected chi connectivity index (χ0v) is 13.7. The van der Waals surface area contributed by atoms with E-state index in [0.717, 1.165) is 12.1 Å². The van der Waals surface area contributed by atoms with E-state index >= 15 is 0 Å². The highest BCUT2D eigenvalue weighted by atomic mass is 16.6. The smallest absolute Gasteiger partial charge is 0.408 e. The van der Waals surface area contributed by atoms with Crippen LogP contribution < -0.4 is 5.32 Å². The van der Waals surface area contributed by atoms with Crippen LogP contribution in [0.15, 0.2) is 12.5 Å². The van der Waals surface area contributed by atoms with Gasteiger partial charge in [0.05, 0.1) is 24.3 Å². The number of ether oxygens (including phenoxy) is 1. The molecule has 1 N–H and O–H groups in total. The number of hydrogen-bond donors (Lipinski definition) is 1. The topological polar surface area (TPSA) is 56.2 Å². The van der Waals surface area contributed by atoms with E-state index in [1.165, 1.54) is 0 Å². The Hall–Kier alpha value is -1.52. The highest BCUT2D eigenvalue weighted by Crippen LogP contribution is 2.24. The number of hydrogen-bond acceptors (Lipinski definition) is 3. The predicted molar refractivity (Wildman–Crippen MR) is 79.6 cm³/mol. The van der Waals surface area contributed by atoms with Gasteiger partial charge in [-0.15, -0.1) is 0 Å². The van der Waals surface area contributed by atoms with E-state index < -0.39 is 11.7 Å². The van der Waals surface area contributed by atoms with Crippen molar-refractivity contribution in [3.05, 3.63) is 18.2 Å². The Morgan fingerprint density at radius 1 is 1.40 bits per heavy atom. The maximum atomic E-state index is 11.8. The van der Waals surface area contributed by atoms with Gasteiger partial charge in [0.1, 0.15) is 5.60 Å². The summed E-state index contributed by atoms with van der Waals surface area (Å²) in [5.41, 5.74) is 0.449. The molecule has 0 saturated carbocycles. The number of aromatic nitrogens is 2. The van der Waals surface area contributed by atoms with Crippen LogP contribution in [0, 0.1) is 0 Å². The lowest BCUT2D eigenvalue weighted by Gasteiger charge is -2.29. The lowest BCUT2D eigenvalue weighted by atomic mass is 10.0. The van der Waals surface area contributed by atoms with Gasteiger partial charge in [-0.05, 0) is 48.0 Å². The Morgan fingerprint density at radius 3 is 2.50 bits per heavy atom. The van der Waals surface area contributed by atoms with Crippen LogP contribution in [0.4, 0.5) is 4.79 Å². The molecule has 5 heteroatoms. The first-order valence-electron chi connectivity index (χ1n) is 7.09. The number of nitrogens with zero attached hydrogens (tertiary/aromatic N) is 2. The van der Waals surface area contributed by atoms with Gasteiger partial charge in [0.15, 0.2) is 0 Å². The van der Waals surface area contributed by atoms with E-state index in [4.69, 9.17) is 4.74 Å². The Morgan fingerprint density at radius 2 is 2.00 bits per heavy atom. The number of alkyl carbamates (subject to hydrolysis) is 1. The van der Waals surface area contributed by atoms with Crippen molar-refractivity contribution >= 4 is 6.09 Å². The summed E-state index contributed by atoms with van der Waals surface area (Å²) in [7, 11) is 0. The standard InChI is InChI=1S/C15H27N3O2/c1-8-15(6,7)18-10-16-9-12(18)11(2)17-13(19)20-14(3,4)5/h9-11H,8H2,1-7H3,(H,17,19). The van der Waals surface area contributed by atoms with Crippen molar-refractivity contribution in [3.8, 4) is 0 Å². The number of carbonyl (C=O) groups excluding carboxylic acids is 1. The molecule has 5 nitrogen and oxygen atoms in total. The average molecular weight is 281 g/mol. The Labute approximate surface area is 121 Å². The second-order valence-electron chi connectivity index (χ2n) is 6.72.